The number of cyclic esters (lactones) is 1. The van der Waals surface area contributed by atoms with Gasteiger partial charge in [0, 0.05) is 5.92 Å². The van der Waals surface area contributed by atoms with Crippen LogP contribution in [0, 0.1) is 0 Å². The second kappa shape index (κ2) is 3.01. The molecule has 0 radical (unpaired) electrons. The number of hydrogen-bond donors (Lipinski definition) is 1. The molecule has 3 heteroatoms. The van der Waals surface area contributed by atoms with Crippen molar-refractivity contribution in [2.24, 2.45) is 0 Å². The van der Waals surface area contributed by atoms with E-state index >= 15 is 0 Å². The molecule has 0 spiro atoms. The second-order valence-electron chi connectivity index (χ2n) is 3.64. The van der Waals surface area contributed by atoms with E-state index in [0.717, 1.165) is 5.56 Å². The number of aromatic hydroxyl groups is 1. The Kier molecular flexibility index (Phi) is 1.95. The van der Waals surface area contributed by atoms with E-state index in [2.05, 4.69) is 0 Å². The van der Waals surface area contributed by atoms with Crippen LogP contribution in [0.25, 0.3) is 0 Å². The lowest BCUT2D eigenvalue weighted by Crippen LogP contribution is -2.28. The van der Waals surface area contributed by atoms with Crippen molar-refractivity contribution in [2.75, 3.05) is 0 Å². The van der Waals surface area contributed by atoms with Crippen molar-refractivity contribution >= 4 is 5.97 Å². The molecular weight excluding hydrogens is 180 g/mol. The van der Waals surface area contributed by atoms with Gasteiger partial charge in [-0.05, 0) is 18.6 Å². The summed E-state index contributed by atoms with van der Waals surface area (Å²) in [7, 11) is 0. The zero-order valence-corrected chi connectivity index (χ0v) is 8.15. The Bertz CT molecular complexity index is 384. The largest absolute Gasteiger partial charge is 0.507 e. The van der Waals surface area contributed by atoms with Crippen molar-refractivity contribution in [1.82, 2.24) is 0 Å². The number of phenolic OH excluding ortho intramolecular Hbond substituents is 1. The molecule has 1 aliphatic heterocycles. The first-order valence-corrected chi connectivity index (χ1v) is 4.64. The lowest BCUT2D eigenvalue weighted by Gasteiger charge is -2.28. The molecule has 0 amide bonds. The lowest BCUT2D eigenvalue weighted by molar-refractivity contribution is 0.0236. The van der Waals surface area contributed by atoms with E-state index in [1.807, 2.05) is 19.9 Å². The highest BCUT2D eigenvalue weighted by atomic mass is 16.5. The SMILES string of the molecule is C[C@@H]1OC(=O)c2c(O)cccc2[C@@H]1C. The average Bonchev–Trinajstić information content (AvgIpc) is 2.14. The average molecular weight is 192 g/mol. The Morgan fingerprint density at radius 2 is 2.07 bits per heavy atom. The maximum absolute atomic E-state index is 11.5. The Balaban J connectivity index is 2.61. The van der Waals surface area contributed by atoms with E-state index in [4.69, 9.17) is 4.74 Å². The third-order valence-electron chi connectivity index (χ3n) is 2.77. The standard InChI is InChI=1S/C11H12O3/c1-6-7(2)14-11(13)10-8(6)4-3-5-9(10)12/h3-7,12H,1-2H3/t6-,7+/m1/s1. The van der Waals surface area contributed by atoms with Crippen LogP contribution in [0.15, 0.2) is 18.2 Å². The molecule has 0 aromatic heterocycles. The van der Waals surface area contributed by atoms with Crippen LogP contribution in [-0.4, -0.2) is 17.2 Å². The first-order valence-electron chi connectivity index (χ1n) is 4.64. The number of fused-ring (bicyclic) bond motifs is 1. The first kappa shape index (κ1) is 9.06. The van der Waals surface area contributed by atoms with Gasteiger partial charge >= 0.3 is 5.97 Å². The summed E-state index contributed by atoms with van der Waals surface area (Å²) in [5, 5.41) is 9.53. The predicted octanol–water partition coefficient (Wildman–Crippen LogP) is 2.05. The molecule has 0 fully saturated rings. The predicted molar refractivity (Wildman–Crippen MR) is 51.4 cm³/mol. The summed E-state index contributed by atoms with van der Waals surface area (Å²) in [4.78, 5) is 11.5. The van der Waals surface area contributed by atoms with Gasteiger partial charge in [-0.25, -0.2) is 4.79 Å². The van der Waals surface area contributed by atoms with Gasteiger partial charge in [0.2, 0.25) is 0 Å². The van der Waals surface area contributed by atoms with Gasteiger partial charge < -0.3 is 9.84 Å². The van der Waals surface area contributed by atoms with Crippen molar-refractivity contribution in [2.45, 2.75) is 25.9 Å². The summed E-state index contributed by atoms with van der Waals surface area (Å²) in [6, 6.07) is 5.11. The van der Waals surface area contributed by atoms with Crippen molar-refractivity contribution in [3.05, 3.63) is 29.3 Å². The molecule has 0 saturated carbocycles. The van der Waals surface area contributed by atoms with Crippen LogP contribution in [0.4, 0.5) is 0 Å². The maximum Gasteiger partial charge on any atom is 0.342 e. The molecular formula is C11H12O3. The van der Waals surface area contributed by atoms with Crippen LogP contribution in [0.2, 0.25) is 0 Å². The molecule has 0 bridgehead atoms. The number of benzene rings is 1. The summed E-state index contributed by atoms with van der Waals surface area (Å²) < 4.78 is 5.11. The number of ether oxygens (including phenoxy) is 1. The van der Waals surface area contributed by atoms with E-state index in [-0.39, 0.29) is 17.8 Å². The number of hydrogen-bond acceptors (Lipinski definition) is 3. The summed E-state index contributed by atoms with van der Waals surface area (Å²) in [5.41, 5.74) is 1.19. The molecule has 0 aliphatic carbocycles. The molecule has 1 heterocycles. The molecule has 0 unspecified atom stereocenters. The van der Waals surface area contributed by atoms with Gasteiger partial charge in [-0.1, -0.05) is 19.1 Å². The van der Waals surface area contributed by atoms with E-state index in [0.29, 0.717) is 5.56 Å². The monoisotopic (exact) mass is 192 g/mol. The topological polar surface area (TPSA) is 46.5 Å². The van der Waals surface area contributed by atoms with Crippen LogP contribution in [0.3, 0.4) is 0 Å². The Labute approximate surface area is 82.3 Å². The smallest absolute Gasteiger partial charge is 0.342 e. The summed E-state index contributed by atoms with van der Waals surface area (Å²) >= 11 is 0. The normalized spacial score (nSPS) is 25.4. The molecule has 14 heavy (non-hydrogen) atoms. The minimum absolute atomic E-state index is 0.00579. The Hall–Kier alpha value is -1.51. The van der Waals surface area contributed by atoms with Gasteiger partial charge in [-0.3, -0.25) is 0 Å². The molecule has 3 nitrogen and oxygen atoms in total. The second-order valence-corrected chi connectivity index (χ2v) is 3.64. The Morgan fingerprint density at radius 3 is 2.79 bits per heavy atom. The van der Waals surface area contributed by atoms with E-state index in [9.17, 15) is 9.90 Å². The zero-order chi connectivity index (χ0) is 10.3. The van der Waals surface area contributed by atoms with Crippen molar-refractivity contribution < 1.29 is 14.6 Å². The lowest BCUT2D eigenvalue weighted by atomic mass is 9.89. The minimum atomic E-state index is -0.427. The zero-order valence-electron chi connectivity index (χ0n) is 8.15. The van der Waals surface area contributed by atoms with Crippen molar-refractivity contribution in [3.8, 4) is 5.75 Å². The van der Waals surface area contributed by atoms with Crippen LogP contribution < -0.4 is 0 Å². The summed E-state index contributed by atoms with van der Waals surface area (Å²) in [6.07, 6.45) is -0.128. The number of esters is 1. The molecule has 1 aromatic rings. The summed E-state index contributed by atoms with van der Waals surface area (Å²) in [5.74, 6) is -0.287. The fourth-order valence-electron chi connectivity index (χ4n) is 1.74. The van der Waals surface area contributed by atoms with Crippen LogP contribution >= 0.6 is 0 Å². The van der Waals surface area contributed by atoms with E-state index in [1.165, 1.54) is 6.07 Å². The highest BCUT2D eigenvalue weighted by Crippen LogP contribution is 2.35. The van der Waals surface area contributed by atoms with Gasteiger partial charge in [-0.15, -0.1) is 0 Å². The molecule has 2 atom stereocenters. The molecule has 1 aromatic carbocycles. The molecule has 0 saturated heterocycles. The highest BCUT2D eigenvalue weighted by Gasteiger charge is 2.31. The fraction of sp³-hybridized carbons (Fsp3) is 0.364. The van der Waals surface area contributed by atoms with Crippen LogP contribution in [-0.2, 0) is 4.74 Å². The molecule has 74 valence electrons. The highest BCUT2D eigenvalue weighted by molar-refractivity contribution is 5.95. The summed E-state index contributed by atoms with van der Waals surface area (Å²) in [6.45, 7) is 3.84. The molecule has 2 rings (SSSR count). The van der Waals surface area contributed by atoms with Gasteiger partial charge in [0.1, 0.15) is 17.4 Å². The molecule has 1 aliphatic rings. The van der Waals surface area contributed by atoms with Crippen molar-refractivity contribution in [3.63, 3.8) is 0 Å². The van der Waals surface area contributed by atoms with Crippen molar-refractivity contribution in [1.29, 1.82) is 0 Å². The fourth-order valence-corrected chi connectivity index (χ4v) is 1.74. The van der Waals surface area contributed by atoms with Gasteiger partial charge in [0.05, 0.1) is 0 Å². The number of carbonyl (C=O) groups excluding carboxylic acids is 1. The van der Waals surface area contributed by atoms with Gasteiger partial charge in [-0.2, -0.15) is 0 Å². The van der Waals surface area contributed by atoms with Crippen LogP contribution in [0.5, 0.6) is 5.75 Å². The Morgan fingerprint density at radius 1 is 1.36 bits per heavy atom. The minimum Gasteiger partial charge on any atom is -0.507 e. The van der Waals surface area contributed by atoms with E-state index in [1.54, 1.807) is 6.07 Å². The third kappa shape index (κ3) is 1.16. The van der Waals surface area contributed by atoms with Gasteiger partial charge in [0.25, 0.3) is 0 Å². The molecule has 1 N–H and O–H groups in total. The quantitative estimate of drug-likeness (QED) is 0.640. The first-order chi connectivity index (χ1) is 6.61. The third-order valence-corrected chi connectivity index (χ3v) is 2.77. The number of phenols is 1. The number of rotatable bonds is 0. The maximum atomic E-state index is 11.5. The van der Waals surface area contributed by atoms with Gasteiger partial charge in [0.15, 0.2) is 0 Å². The number of carbonyl (C=O) groups is 1. The van der Waals surface area contributed by atoms with E-state index < -0.39 is 5.97 Å². The van der Waals surface area contributed by atoms with Crippen LogP contribution in [0.1, 0.15) is 35.7 Å².